The van der Waals surface area contributed by atoms with E-state index in [0.29, 0.717) is 5.92 Å². The van der Waals surface area contributed by atoms with Gasteiger partial charge in [0.25, 0.3) is 0 Å². The quantitative estimate of drug-likeness (QED) is 0.926. The van der Waals surface area contributed by atoms with Crippen molar-refractivity contribution in [2.75, 3.05) is 20.1 Å². The van der Waals surface area contributed by atoms with Crippen LogP contribution in [-0.2, 0) is 13.1 Å². The second-order valence-corrected chi connectivity index (χ2v) is 7.23. The monoisotopic (exact) mass is 306 g/mol. The van der Waals surface area contributed by atoms with Gasteiger partial charge in [-0.05, 0) is 30.3 Å². The molecule has 0 fully saturated rings. The third kappa shape index (κ3) is 3.23. The average Bonchev–Trinajstić information content (AvgIpc) is 2.84. The summed E-state index contributed by atoms with van der Waals surface area (Å²) in [7, 11) is 2.19. The molecule has 0 saturated heterocycles. The average molecular weight is 307 g/mol. The molecule has 0 radical (unpaired) electrons. The highest BCUT2D eigenvalue weighted by atomic mass is 35.5. The van der Waals surface area contributed by atoms with Gasteiger partial charge < -0.3 is 10.2 Å². The number of fused-ring (bicyclic) bond motifs is 1. The molecule has 20 heavy (non-hydrogen) atoms. The summed E-state index contributed by atoms with van der Waals surface area (Å²) in [6, 6.07) is 12.9. The number of hydrogen-bond acceptors (Lipinski definition) is 3. The zero-order chi connectivity index (χ0) is 13.9. The lowest BCUT2D eigenvalue weighted by molar-refractivity contribution is 0.296. The van der Waals surface area contributed by atoms with Crippen molar-refractivity contribution in [2.24, 2.45) is 0 Å². The van der Waals surface area contributed by atoms with Crippen LogP contribution < -0.4 is 5.32 Å². The Hall–Kier alpha value is -0.870. The van der Waals surface area contributed by atoms with Crippen molar-refractivity contribution in [3.05, 3.63) is 56.7 Å². The molecule has 1 atom stereocenters. The second-order valence-electron chi connectivity index (χ2n) is 5.43. The minimum Gasteiger partial charge on any atom is -0.312 e. The molecule has 1 N–H and O–H groups in total. The summed E-state index contributed by atoms with van der Waals surface area (Å²) in [4.78, 5) is 3.71. The first-order valence-electron chi connectivity index (χ1n) is 6.93. The third-order valence-electron chi connectivity index (χ3n) is 3.79. The molecule has 1 aromatic carbocycles. The first-order valence-corrected chi connectivity index (χ1v) is 8.13. The maximum Gasteiger partial charge on any atom is 0.0931 e. The number of nitrogens with one attached hydrogen (secondary N) is 1. The van der Waals surface area contributed by atoms with Crippen LogP contribution in [0.1, 0.15) is 21.9 Å². The van der Waals surface area contributed by atoms with Gasteiger partial charge in [-0.25, -0.2) is 0 Å². The Morgan fingerprint density at radius 1 is 1.30 bits per heavy atom. The molecule has 1 aliphatic rings. The highest BCUT2D eigenvalue weighted by molar-refractivity contribution is 7.16. The maximum atomic E-state index is 5.99. The molecule has 3 rings (SSSR count). The van der Waals surface area contributed by atoms with Crippen LogP contribution in [0.3, 0.4) is 0 Å². The molecular formula is C16H19ClN2S. The van der Waals surface area contributed by atoms with E-state index in [4.69, 9.17) is 11.6 Å². The van der Waals surface area contributed by atoms with E-state index < -0.39 is 0 Å². The van der Waals surface area contributed by atoms with E-state index in [-0.39, 0.29) is 0 Å². The van der Waals surface area contributed by atoms with Crippen molar-refractivity contribution in [3.63, 3.8) is 0 Å². The first-order chi connectivity index (χ1) is 9.72. The molecule has 2 heterocycles. The Labute approximate surface area is 129 Å². The molecular weight excluding hydrogens is 288 g/mol. The van der Waals surface area contributed by atoms with Crippen molar-refractivity contribution in [3.8, 4) is 0 Å². The zero-order valence-electron chi connectivity index (χ0n) is 11.6. The Morgan fingerprint density at radius 3 is 2.95 bits per heavy atom. The minimum atomic E-state index is 0.570. The fourth-order valence-corrected chi connectivity index (χ4v) is 4.06. The number of likely N-dealkylation sites (N-methyl/N-ethyl adjacent to an activating group) is 1. The van der Waals surface area contributed by atoms with Crippen LogP contribution in [0.5, 0.6) is 0 Å². The first kappa shape index (κ1) is 14.1. The summed E-state index contributed by atoms with van der Waals surface area (Å²) in [5.41, 5.74) is 2.94. The van der Waals surface area contributed by atoms with Gasteiger partial charge in [-0.2, -0.15) is 0 Å². The number of thiophene rings is 1. The zero-order valence-corrected chi connectivity index (χ0v) is 13.2. The summed E-state index contributed by atoms with van der Waals surface area (Å²) in [5, 5.41) is 3.52. The van der Waals surface area contributed by atoms with Gasteiger partial charge in [0.05, 0.1) is 4.34 Å². The molecule has 4 heteroatoms. The van der Waals surface area contributed by atoms with Crippen LogP contribution in [0.15, 0.2) is 36.4 Å². The van der Waals surface area contributed by atoms with Crippen LogP contribution >= 0.6 is 22.9 Å². The Balaban J connectivity index is 1.66. The van der Waals surface area contributed by atoms with Crippen LogP contribution in [-0.4, -0.2) is 25.0 Å². The van der Waals surface area contributed by atoms with Crippen molar-refractivity contribution >= 4 is 22.9 Å². The van der Waals surface area contributed by atoms with Gasteiger partial charge in [0, 0.05) is 37.0 Å². The van der Waals surface area contributed by atoms with E-state index >= 15 is 0 Å². The van der Waals surface area contributed by atoms with Gasteiger partial charge in [-0.3, -0.25) is 0 Å². The molecule has 0 bridgehead atoms. The fraction of sp³-hybridized carbons (Fsp3) is 0.375. The SMILES string of the molecule is CN(Cc1ccc(Cl)s1)CC1CNCc2ccccc21. The Morgan fingerprint density at radius 2 is 2.15 bits per heavy atom. The van der Waals surface area contributed by atoms with Gasteiger partial charge in [0.2, 0.25) is 0 Å². The van der Waals surface area contributed by atoms with E-state index in [9.17, 15) is 0 Å². The van der Waals surface area contributed by atoms with Gasteiger partial charge in [-0.15, -0.1) is 11.3 Å². The van der Waals surface area contributed by atoms with Gasteiger partial charge in [-0.1, -0.05) is 35.9 Å². The van der Waals surface area contributed by atoms with Crippen molar-refractivity contribution < 1.29 is 0 Å². The van der Waals surface area contributed by atoms with Crippen molar-refractivity contribution in [1.29, 1.82) is 0 Å². The highest BCUT2D eigenvalue weighted by Gasteiger charge is 2.20. The lowest BCUT2D eigenvalue weighted by Crippen LogP contribution is -2.35. The van der Waals surface area contributed by atoms with E-state index in [0.717, 1.165) is 30.5 Å². The smallest absolute Gasteiger partial charge is 0.0931 e. The molecule has 2 nitrogen and oxygen atoms in total. The topological polar surface area (TPSA) is 15.3 Å². The summed E-state index contributed by atoms with van der Waals surface area (Å²) in [6.45, 7) is 4.10. The van der Waals surface area contributed by atoms with Gasteiger partial charge >= 0.3 is 0 Å². The molecule has 1 aromatic heterocycles. The van der Waals surface area contributed by atoms with Gasteiger partial charge in [0.15, 0.2) is 0 Å². The van der Waals surface area contributed by atoms with E-state index in [1.165, 1.54) is 16.0 Å². The van der Waals surface area contributed by atoms with E-state index in [2.05, 4.69) is 47.6 Å². The third-order valence-corrected chi connectivity index (χ3v) is 5.00. The maximum absolute atomic E-state index is 5.99. The Bertz CT molecular complexity index is 581. The lowest BCUT2D eigenvalue weighted by Gasteiger charge is -2.29. The summed E-state index contributed by atoms with van der Waals surface area (Å²) in [6.07, 6.45) is 0. The lowest BCUT2D eigenvalue weighted by atomic mass is 9.90. The molecule has 2 aromatic rings. The number of rotatable bonds is 4. The normalized spacial score (nSPS) is 18.2. The highest BCUT2D eigenvalue weighted by Crippen LogP contribution is 2.26. The van der Waals surface area contributed by atoms with Crippen LogP contribution in [0.25, 0.3) is 0 Å². The second kappa shape index (κ2) is 6.27. The van der Waals surface area contributed by atoms with Gasteiger partial charge in [0.1, 0.15) is 0 Å². The predicted octanol–water partition coefficient (Wildman–Crippen LogP) is 3.72. The molecule has 0 aliphatic carbocycles. The molecule has 1 aliphatic heterocycles. The molecule has 0 amide bonds. The largest absolute Gasteiger partial charge is 0.312 e. The number of benzene rings is 1. The summed E-state index contributed by atoms with van der Waals surface area (Å²) in [5.74, 6) is 0.570. The van der Waals surface area contributed by atoms with Crippen molar-refractivity contribution in [2.45, 2.75) is 19.0 Å². The van der Waals surface area contributed by atoms with Crippen LogP contribution in [0.2, 0.25) is 4.34 Å². The van der Waals surface area contributed by atoms with E-state index in [1.54, 1.807) is 11.3 Å². The molecule has 0 spiro atoms. The number of halogens is 1. The predicted molar refractivity (Wildman–Crippen MR) is 86.6 cm³/mol. The Kier molecular flexibility index (Phi) is 4.41. The summed E-state index contributed by atoms with van der Waals surface area (Å²) >= 11 is 7.66. The standard InChI is InChI=1S/C16H19ClN2S/c1-19(11-14-6-7-16(17)20-14)10-13-9-18-8-12-4-2-3-5-15(12)13/h2-7,13,18H,8-11H2,1H3. The number of nitrogens with zero attached hydrogens (tertiary/aromatic N) is 1. The van der Waals surface area contributed by atoms with Crippen LogP contribution in [0, 0.1) is 0 Å². The number of hydrogen-bond donors (Lipinski definition) is 1. The van der Waals surface area contributed by atoms with Crippen molar-refractivity contribution in [1.82, 2.24) is 10.2 Å². The van der Waals surface area contributed by atoms with E-state index in [1.807, 2.05) is 6.07 Å². The molecule has 1 unspecified atom stereocenters. The molecule has 0 saturated carbocycles. The molecule has 106 valence electrons. The summed E-state index contributed by atoms with van der Waals surface area (Å²) < 4.78 is 0.873. The fourth-order valence-electron chi connectivity index (χ4n) is 2.89. The minimum absolute atomic E-state index is 0.570. The van der Waals surface area contributed by atoms with Crippen LogP contribution in [0.4, 0.5) is 0 Å².